The Labute approximate surface area is 177 Å². The number of nitrogens with zero attached hydrogens (tertiary/aromatic N) is 1. The third-order valence-electron chi connectivity index (χ3n) is 5.50. The van der Waals surface area contributed by atoms with Crippen molar-refractivity contribution in [2.75, 3.05) is 19.7 Å². The highest BCUT2D eigenvalue weighted by Crippen LogP contribution is 2.25. The molecule has 1 heterocycles. The molecule has 0 atom stereocenters. The van der Waals surface area contributed by atoms with Crippen LogP contribution in [0.25, 0.3) is 0 Å². The molecule has 1 fully saturated rings. The molecule has 0 aliphatic carbocycles. The molecule has 29 heavy (non-hydrogen) atoms. The molecule has 0 saturated carbocycles. The Morgan fingerprint density at radius 2 is 1.66 bits per heavy atom. The van der Waals surface area contributed by atoms with E-state index in [1.807, 2.05) is 31.7 Å². The second-order valence-corrected chi connectivity index (χ2v) is 8.01. The zero-order valence-electron chi connectivity index (χ0n) is 17.1. The zero-order chi connectivity index (χ0) is 21.0. The Hall–Kier alpha value is -2.53. The van der Waals surface area contributed by atoms with Crippen molar-refractivity contribution in [1.29, 1.82) is 0 Å². The molecule has 6 heteroatoms. The summed E-state index contributed by atoms with van der Waals surface area (Å²) in [5.41, 5.74) is 3.84. The Bertz CT molecular complexity index is 888. The van der Waals surface area contributed by atoms with Crippen LogP contribution in [0.5, 0.6) is 5.75 Å². The zero-order valence-corrected chi connectivity index (χ0v) is 17.9. The summed E-state index contributed by atoms with van der Waals surface area (Å²) in [6, 6.07) is 11.0. The molecule has 1 aliphatic heterocycles. The van der Waals surface area contributed by atoms with Crippen LogP contribution in [-0.2, 0) is 4.79 Å². The molecule has 0 bridgehead atoms. The van der Waals surface area contributed by atoms with Crippen molar-refractivity contribution in [2.24, 2.45) is 0 Å². The van der Waals surface area contributed by atoms with Crippen LogP contribution in [0.3, 0.4) is 0 Å². The highest BCUT2D eigenvalue weighted by molar-refractivity contribution is 6.30. The topological polar surface area (TPSA) is 58.6 Å². The largest absolute Gasteiger partial charge is 0.483 e. The minimum Gasteiger partial charge on any atom is -0.483 e. The van der Waals surface area contributed by atoms with Crippen LogP contribution in [0.2, 0.25) is 5.02 Å². The lowest BCUT2D eigenvalue weighted by molar-refractivity contribution is -0.134. The highest BCUT2D eigenvalue weighted by Gasteiger charge is 2.24. The van der Waals surface area contributed by atoms with Gasteiger partial charge in [0.1, 0.15) is 5.75 Å². The quantitative estimate of drug-likeness (QED) is 0.802. The number of benzene rings is 2. The highest BCUT2D eigenvalue weighted by atomic mass is 35.5. The summed E-state index contributed by atoms with van der Waals surface area (Å²) in [4.78, 5) is 26.7. The van der Waals surface area contributed by atoms with Gasteiger partial charge < -0.3 is 15.0 Å². The Morgan fingerprint density at radius 3 is 2.31 bits per heavy atom. The van der Waals surface area contributed by atoms with Crippen LogP contribution >= 0.6 is 11.6 Å². The fraction of sp³-hybridized carbons (Fsp3) is 0.391. The lowest BCUT2D eigenvalue weighted by atomic mass is 10.0. The number of likely N-dealkylation sites (tertiary alicyclic amines) is 1. The monoisotopic (exact) mass is 414 g/mol. The van der Waals surface area contributed by atoms with E-state index in [1.54, 1.807) is 24.3 Å². The average molecular weight is 415 g/mol. The minimum atomic E-state index is -0.111. The Morgan fingerprint density at radius 1 is 1.03 bits per heavy atom. The van der Waals surface area contributed by atoms with Crippen LogP contribution < -0.4 is 10.1 Å². The van der Waals surface area contributed by atoms with E-state index < -0.39 is 0 Å². The van der Waals surface area contributed by atoms with Gasteiger partial charge in [-0.2, -0.15) is 0 Å². The van der Waals surface area contributed by atoms with Gasteiger partial charge >= 0.3 is 0 Å². The van der Waals surface area contributed by atoms with Crippen LogP contribution in [0.15, 0.2) is 36.4 Å². The number of aryl methyl sites for hydroxylation is 2. The molecule has 3 rings (SSSR count). The van der Waals surface area contributed by atoms with Gasteiger partial charge in [-0.15, -0.1) is 0 Å². The summed E-state index contributed by atoms with van der Waals surface area (Å²) in [6.07, 6.45) is 1.46. The number of rotatable bonds is 5. The number of amides is 2. The molecule has 1 aliphatic rings. The molecule has 0 aromatic heterocycles. The first kappa shape index (κ1) is 21.2. The molecule has 5 nitrogen and oxygen atoms in total. The maximum Gasteiger partial charge on any atom is 0.260 e. The van der Waals surface area contributed by atoms with Crippen molar-refractivity contribution in [1.82, 2.24) is 10.2 Å². The van der Waals surface area contributed by atoms with E-state index in [1.165, 1.54) is 0 Å². The number of carbonyl (C=O) groups excluding carboxylic acids is 2. The van der Waals surface area contributed by atoms with Gasteiger partial charge in [-0.1, -0.05) is 23.7 Å². The van der Waals surface area contributed by atoms with Crippen LogP contribution in [0.1, 0.15) is 39.9 Å². The van der Waals surface area contributed by atoms with Gasteiger partial charge in [0, 0.05) is 29.7 Å². The average Bonchev–Trinajstić information content (AvgIpc) is 2.71. The Kier molecular flexibility index (Phi) is 6.80. The third kappa shape index (κ3) is 5.30. The summed E-state index contributed by atoms with van der Waals surface area (Å²) >= 11 is 5.86. The van der Waals surface area contributed by atoms with E-state index >= 15 is 0 Å². The first-order valence-corrected chi connectivity index (χ1v) is 10.3. The molecule has 0 spiro atoms. The first-order chi connectivity index (χ1) is 13.8. The van der Waals surface area contributed by atoms with Gasteiger partial charge in [-0.25, -0.2) is 0 Å². The maximum atomic E-state index is 12.6. The fourth-order valence-electron chi connectivity index (χ4n) is 3.52. The standard InChI is InChI=1S/C23H27ClN2O3/c1-15-4-5-16(2)22(17(15)3)29-14-21(27)26-12-10-20(11-13-26)25-23(28)18-6-8-19(24)9-7-18/h4-9,20H,10-14H2,1-3H3,(H,25,28). The normalized spacial score (nSPS) is 14.6. The minimum absolute atomic E-state index is 0.0206. The fourth-order valence-corrected chi connectivity index (χ4v) is 3.64. The van der Waals surface area contributed by atoms with Gasteiger partial charge in [0.15, 0.2) is 6.61 Å². The van der Waals surface area contributed by atoms with Crippen LogP contribution in [-0.4, -0.2) is 42.5 Å². The molecule has 154 valence electrons. The number of nitrogens with one attached hydrogen (secondary N) is 1. The molecule has 2 amide bonds. The summed E-state index contributed by atoms with van der Waals surface area (Å²) in [6.45, 7) is 7.29. The SMILES string of the molecule is Cc1ccc(C)c(OCC(=O)N2CCC(NC(=O)c3ccc(Cl)cc3)CC2)c1C. The van der Waals surface area contributed by atoms with Gasteiger partial charge in [0.2, 0.25) is 0 Å². The summed E-state index contributed by atoms with van der Waals surface area (Å²) in [5.74, 6) is 0.663. The van der Waals surface area contributed by atoms with E-state index in [2.05, 4.69) is 11.4 Å². The second kappa shape index (κ2) is 9.31. The Balaban J connectivity index is 1.48. The molecule has 0 unspecified atom stereocenters. The van der Waals surface area contributed by atoms with Gasteiger partial charge in [-0.3, -0.25) is 9.59 Å². The predicted octanol–water partition coefficient (Wildman–Crippen LogP) is 4.07. The van der Waals surface area contributed by atoms with Gasteiger partial charge in [0.25, 0.3) is 11.8 Å². The summed E-state index contributed by atoms with van der Waals surface area (Å²) < 4.78 is 5.85. The van der Waals surface area contributed by atoms with Gasteiger partial charge in [0.05, 0.1) is 0 Å². The molecular weight excluding hydrogens is 388 g/mol. The molecule has 2 aromatic rings. The van der Waals surface area contributed by atoms with E-state index in [9.17, 15) is 9.59 Å². The number of hydrogen-bond acceptors (Lipinski definition) is 3. The number of carbonyl (C=O) groups is 2. The smallest absolute Gasteiger partial charge is 0.260 e. The first-order valence-electron chi connectivity index (χ1n) is 9.89. The van der Waals surface area contributed by atoms with E-state index in [4.69, 9.17) is 16.3 Å². The van der Waals surface area contributed by atoms with Gasteiger partial charge in [-0.05, 0) is 74.6 Å². The van der Waals surface area contributed by atoms with E-state index in [-0.39, 0.29) is 24.5 Å². The number of halogens is 1. The van der Waals surface area contributed by atoms with E-state index in [0.29, 0.717) is 23.7 Å². The number of ether oxygens (including phenoxy) is 1. The second-order valence-electron chi connectivity index (χ2n) is 7.58. The van der Waals surface area contributed by atoms with Crippen molar-refractivity contribution in [3.05, 3.63) is 63.7 Å². The molecule has 1 saturated heterocycles. The van der Waals surface area contributed by atoms with Crippen molar-refractivity contribution < 1.29 is 14.3 Å². The third-order valence-corrected chi connectivity index (χ3v) is 5.75. The lowest BCUT2D eigenvalue weighted by Gasteiger charge is -2.32. The van der Waals surface area contributed by atoms with Crippen LogP contribution in [0, 0.1) is 20.8 Å². The van der Waals surface area contributed by atoms with E-state index in [0.717, 1.165) is 35.3 Å². The molecule has 1 N–H and O–H groups in total. The van der Waals surface area contributed by atoms with Crippen molar-refractivity contribution >= 4 is 23.4 Å². The number of piperidine rings is 1. The molecular formula is C23H27ClN2O3. The van der Waals surface area contributed by atoms with Crippen molar-refractivity contribution in [2.45, 2.75) is 39.7 Å². The summed E-state index contributed by atoms with van der Waals surface area (Å²) in [5, 5.41) is 3.65. The van der Waals surface area contributed by atoms with Crippen molar-refractivity contribution in [3.8, 4) is 5.75 Å². The molecule has 2 aromatic carbocycles. The summed E-state index contributed by atoms with van der Waals surface area (Å²) in [7, 11) is 0. The van der Waals surface area contributed by atoms with Crippen LogP contribution in [0.4, 0.5) is 0 Å². The number of hydrogen-bond donors (Lipinski definition) is 1. The lowest BCUT2D eigenvalue weighted by Crippen LogP contribution is -2.47. The molecule has 0 radical (unpaired) electrons. The maximum absolute atomic E-state index is 12.6. The predicted molar refractivity (Wildman–Crippen MR) is 115 cm³/mol. The van der Waals surface area contributed by atoms with Crippen molar-refractivity contribution in [3.63, 3.8) is 0 Å².